The van der Waals surface area contributed by atoms with Gasteiger partial charge in [-0.3, -0.25) is 4.79 Å². The van der Waals surface area contributed by atoms with Gasteiger partial charge in [-0.1, -0.05) is 41.9 Å². The minimum atomic E-state index is -0.120. The van der Waals surface area contributed by atoms with Crippen LogP contribution < -0.4 is 10.1 Å². The molecule has 0 unspecified atom stereocenters. The summed E-state index contributed by atoms with van der Waals surface area (Å²) in [6.07, 6.45) is 1.82. The van der Waals surface area contributed by atoms with E-state index in [2.05, 4.69) is 17.4 Å². The predicted octanol–water partition coefficient (Wildman–Crippen LogP) is 4.10. The molecular weight excluding hydrogens is 298 g/mol. The number of carbonyl (C=O) groups excluding carboxylic acids is 1. The number of amides is 1. The molecule has 0 aliphatic rings. The van der Waals surface area contributed by atoms with E-state index < -0.39 is 0 Å². The Labute approximate surface area is 136 Å². The minimum absolute atomic E-state index is 0.0913. The number of nitrogens with one attached hydrogen (secondary N) is 1. The molecule has 0 saturated carbocycles. The largest absolute Gasteiger partial charge is 0.495 e. The van der Waals surface area contributed by atoms with Crippen molar-refractivity contribution in [1.82, 2.24) is 5.32 Å². The summed E-state index contributed by atoms with van der Waals surface area (Å²) in [6, 6.07) is 15.4. The highest BCUT2D eigenvalue weighted by Gasteiger charge is 2.12. The van der Waals surface area contributed by atoms with E-state index in [-0.39, 0.29) is 11.9 Å². The van der Waals surface area contributed by atoms with Crippen LogP contribution in [0.3, 0.4) is 0 Å². The molecule has 22 heavy (non-hydrogen) atoms. The molecule has 116 valence electrons. The Bertz CT molecular complexity index is 628. The van der Waals surface area contributed by atoms with Crippen LogP contribution in [0.1, 0.15) is 29.3 Å². The van der Waals surface area contributed by atoms with E-state index in [0.717, 1.165) is 12.8 Å². The molecule has 0 heterocycles. The van der Waals surface area contributed by atoms with Crippen molar-refractivity contribution in [2.75, 3.05) is 7.11 Å². The van der Waals surface area contributed by atoms with Gasteiger partial charge < -0.3 is 10.1 Å². The lowest BCUT2D eigenvalue weighted by Gasteiger charge is -2.14. The number of hydrogen-bond donors (Lipinski definition) is 1. The molecule has 0 fully saturated rings. The van der Waals surface area contributed by atoms with Crippen LogP contribution in [-0.2, 0) is 6.42 Å². The third-order valence-electron chi connectivity index (χ3n) is 3.50. The van der Waals surface area contributed by atoms with Crippen LogP contribution in [0.5, 0.6) is 5.75 Å². The summed E-state index contributed by atoms with van der Waals surface area (Å²) in [5.41, 5.74) is 1.81. The molecule has 2 aromatic carbocycles. The molecule has 1 atom stereocenters. The van der Waals surface area contributed by atoms with Crippen molar-refractivity contribution in [1.29, 1.82) is 0 Å². The van der Waals surface area contributed by atoms with Crippen LogP contribution in [0.25, 0.3) is 0 Å². The predicted molar refractivity (Wildman–Crippen MR) is 89.7 cm³/mol. The molecule has 3 nitrogen and oxygen atoms in total. The van der Waals surface area contributed by atoms with Crippen LogP contribution >= 0.6 is 11.6 Å². The second-order valence-corrected chi connectivity index (χ2v) is 5.66. The summed E-state index contributed by atoms with van der Waals surface area (Å²) < 4.78 is 5.08. The van der Waals surface area contributed by atoms with Gasteiger partial charge in [0.05, 0.1) is 12.1 Å². The van der Waals surface area contributed by atoms with Crippen molar-refractivity contribution in [3.8, 4) is 5.75 Å². The van der Waals surface area contributed by atoms with Crippen LogP contribution in [0.15, 0.2) is 48.5 Å². The molecule has 1 amide bonds. The van der Waals surface area contributed by atoms with Gasteiger partial charge in [-0.2, -0.15) is 0 Å². The molecule has 0 aromatic heterocycles. The Balaban J connectivity index is 1.89. The van der Waals surface area contributed by atoms with Gasteiger partial charge in [0.25, 0.3) is 5.91 Å². The highest BCUT2D eigenvalue weighted by Crippen LogP contribution is 2.24. The van der Waals surface area contributed by atoms with Crippen LogP contribution in [0, 0.1) is 0 Å². The van der Waals surface area contributed by atoms with Gasteiger partial charge in [-0.25, -0.2) is 0 Å². The second-order valence-electron chi connectivity index (χ2n) is 5.25. The van der Waals surface area contributed by atoms with Crippen LogP contribution in [0.4, 0.5) is 0 Å². The Hall–Kier alpha value is -2.00. The van der Waals surface area contributed by atoms with Gasteiger partial charge in [-0.15, -0.1) is 0 Å². The third-order valence-corrected chi connectivity index (χ3v) is 3.80. The first kappa shape index (κ1) is 16.4. The smallest absolute Gasteiger partial charge is 0.251 e. The van der Waals surface area contributed by atoms with E-state index in [1.54, 1.807) is 25.3 Å². The van der Waals surface area contributed by atoms with Crippen molar-refractivity contribution < 1.29 is 9.53 Å². The molecule has 0 spiro atoms. The number of benzene rings is 2. The molecule has 2 rings (SSSR count). The zero-order chi connectivity index (χ0) is 15.9. The molecule has 0 radical (unpaired) electrons. The summed E-state index contributed by atoms with van der Waals surface area (Å²) >= 11 is 6.05. The third kappa shape index (κ3) is 4.50. The first-order valence-corrected chi connectivity index (χ1v) is 7.66. The van der Waals surface area contributed by atoms with Crippen LogP contribution in [-0.4, -0.2) is 19.1 Å². The molecule has 0 aliphatic carbocycles. The van der Waals surface area contributed by atoms with Gasteiger partial charge >= 0.3 is 0 Å². The number of ether oxygens (including phenoxy) is 1. The van der Waals surface area contributed by atoms with E-state index in [4.69, 9.17) is 16.3 Å². The maximum Gasteiger partial charge on any atom is 0.251 e. The average molecular weight is 318 g/mol. The minimum Gasteiger partial charge on any atom is -0.495 e. The van der Waals surface area contributed by atoms with Gasteiger partial charge in [0.2, 0.25) is 0 Å². The van der Waals surface area contributed by atoms with E-state index in [1.165, 1.54) is 5.56 Å². The number of aryl methyl sites for hydroxylation is 1. The molecule has 0 bridgehead atoms. The molecule has 0 saturated heterocycles. The molecule has 0 aliphatic heterocycles. The maximum atomic E-state index is 12.2. The first-order valence-electron chi connectivity index (χ1n) is 7.28. The second kappa shape index (κ2) is 7.85. The Morgan fingerprint density at radius 1 is 1.23 bits per heavy atom. The Morgan fingerprint density at radius 3 is 2.59 bits per heavy atom. The van der Waals surface area contributed by atoms with Gasteiger partial charge in [0.1, 0.15) is 5.75 Å². The van der Waals surface area contributed by atoms with Gasteiger partial charge in [0, 0.05) is 11.6 Å². The SMILES string of the molecule is COc1ccc(C(=O)N[C@H](C)CCc2ccccc2)cc1Cl. The summed E-state index contributed by atoms with van der Waals surface area (Å²) in [7, 11) is 1.55. The molecule has 1 N–H and O–H groups in total. The fourth-order valence-corrected chi connectivity index (χ4v) is 2.47. The lowest BCUT2D eigenvalue weighted by molar-refractivity contribution is 0.0938. The topological polar surface area (TPSA) is 38.3 Å². The summed E-state index contributed by atoms with van der Waals surface area (Å²) in [5, 5.41) is 3.43. The molecular formula is C18H20ClNO2. The van der Waals surface area contributed by atoms with Crippen LogP contribution in [0.2, 0.25) is 5.02 Å². The average Bonchev–Trinajstić information content (AvgIpc) is 2.53. The summed E-state index contributed by atoms with van der Waals surface area (Å²) in [5.74, 6) is 0.445. The number of rotatable bonds is 6. The standard InChI is InChI=1S/C18H20ClNO2/c1-13(8-9-14-6-4-3-5-7-14)20-18(21)15-10-11-17(22-2)16(19)12-15/h3-7,10-13H,8-9H2,1-2H3,(H,20,21)/t13-/m1/s1. The number of carbonyl (C=O) groups is 1. The maximum absolute atomic E-state index is 12.2. The highest BCUT2D eigenvalue weighted by molar-refractivity contribution is 6.32. The molecule has 2 aromatic rings. The van der Waals surface area contributed by atoms with E-state index in [1.807, 2.05) is 25.1 Å². The van der Waals surface area contributed by atoms with E-state index >= 15 is 0 Å². The van der Waals surface area contributed by atoms with Crippen molar-refractivity contribution in [3.05, 3.63) is 64.7 Å². The van der Waals surface area contributed by atoms with Gasteiger partial charge in [-0.05, 0) is 43.5 Å². The monoisotopic (exact) mass is 317 g/mol. The van der Waals surface area contributed by atoms with Crippen molar-refractivity contribution in [3.63, 3.8) is 0 Å². The Morgan fingerprint density at radius 2 is 1.95 bits per heavy atom. The quantitative estimate of drug-likeness (QED) is 0.871. The van der Waals surface area contributed by atoms with Crippen molar-refractivity contribution >= 4 is 17.5 Å². The normalized spacial score (nSPS) is 11.8. The zero-order valence-corrected chi connectivity index (χ0v) is 13.6. The summed E-state index contributed by atoms with van der Waals surface area (Å²) in [4.78, 5) is 12.2. The number of halogens is 1. The number of methoxy groups -OCH3 is 1. The summed E-state index contributed by atoms with van der Waals surface area (Å²) in [6.45, 7) is 2.01. The number of hydrogen-bond acceptors (Lipinski definition) is 2. The van der Waals surface area contributed by atoms with Crippen molar-refractivity contribution in [2.45, 2.75) is 25.8 Å². The van der Waals surface area contributed by atoms with E-state index in [9.17, 15) is 4.79 Å². The highest BCUT2D eigenvalue weighted by atomic mass is 35.5. The first-order chi connectivity index (χ1) is 10.6. The zero-order valence-electron chi connectivity index (χ0n) is 12.8. The van der Waals surface area contributed by atoms with Crippen molar-refractivity contribution in [2.24, 2.45) is 0 Å². The Kier molecular flexibility index (Phi) is 5.84. The lowest BCUT2D eigenvalue weighted by atomic mass is 10.1. The van der Waals surface area contributed by atoms with E-state index in [0.29, 0.717) is 16.3 Å². The fraction of sp³-hybridized carbons (Fsp3) is 0.278. The fourth-order valence-electron chi connectivity index (χ4n) is 2.21. The van der Waals surface area contributed by atoms with Gasteiger partial charge in [0.15, 0.2) is 0 Å². The lowest BCUT2D eigenvalue weighted by Crippen LogP contribution is -2.32. The molecule has 4 heteroatoms.